The van der Waals surface area contributed by atoms with Crippen molar-refractivity contribution in [2.75, 3.05) is 6.54 Å². The Balaban J connectivity index is 1.54. The van der Waals surface area contributed by atoms with Crippen LogP contribution in [0.1, 0.15) is 54.8 Å². The van der Waals surface area contributed by atoms with Gasteiger partial charge in [-0.1, -0.05) is 0 Å². The van der Waals surface area contributed by atoms with Crippen LogP contribution in [0.4, 0.5) is 0 Å². The van der Waals surface area contributed by atoms with Crippen molar-refractivity contribution in [3.63, 3.8) is 0 Å². The number of thiazole rings is 1. The van der Waals surface area contributed by atoms with Gasteiger partial charge in [-0.2, -0.15) is 0 Å². The molecular formula is C13H18N2OS. The standard InChI is InChI=1S/C13H18N2OS/c1-2-10(14-5-1)11-7-17-13(15-11)9-6-8-3-4-12(9)16-8/h7-10,12,14H,1-6H2/t8?,9?,10-,12?/m0/s1. The second kappa shape index (κ2) is 4.04. The molecule has 92 valence electrons. The fourth-order valence-electron chi connectivity index (χ4n) is 3.47. The predicted molar refractivity (Wildman–Crippen MR) is 67.3 cm³/mol. The summed E-state index contributed by atoms with van der Waals surface area (Å²) in [6.07, 6.45) is 7.24. The number of hydrogen-bond donors (Lipinski definition) is 1. The van der Waals surface area contributed by atoms with Gasteiger partial charge in [0.25, 0.3) is 0 Å². The molecule has 3 unspecified atom stereocenters. The molecule has 0 amide bonds. The summed E-state index contributed by atoms with van der Waals surface area (Å²) < 4.78 is 5.93. The molecule has 3 saturated heterocycles. The van der Waals surface area contributed by atoms with E-state index in [4.69, 9.17) is 9.72 Å². The van der Waals surface area contributed by atoms with Crippen LogP contribution in [0.5, 0.6) is 0 Å². The minimum absolute atomic E-state index is 0.468. The lowest BCUT2D eigenvalue weighted by molar-refractivity contribution is 0.100. The first-order chi connectivity index (χ1) is 8.40. The number of aromatic nitrogens is 1. The van der Waals surface area contributed by atoms with Crippen LogP contribution in [0.2, 0.25) is 0 Å². The molecule has 4 atom stereocenters. The van der Waals surface area contributed by atoms with Crippen molar-refractivity contribution in [2.45, 2.75) is 56.3 Å². The van der Waals surface area contributed by atoms with Crippen molar-refractivity contribution in [3.05, 3.63) is 16.1 Å². The first-order valence-corrected chi connectivity index (χ1v) is 7.62. The molecule has 3 nitrogen and oxygen atoms in total. The van der Waals surface area contributed by atoms with E-state index in [1.54, 1.807) is 0 Å². The monoisotopic (exact) mass is 250 g/mol. The van der Waals surface area contributed by atoms with E-state index in [2.05, 4.69) is 10.7 Å². The summed E-state index contributed by atoms with van der Waals surface area (Å²) in [5.41, 5.74) is 1.27. The third kappa shape index (κ3) is 1.74. The highest BCUT2D eigenvalue weighted by molar-refractivity contribution is 7.09. The van der Waals surface area contributed by atoms with Gasteiger partial charge in [0, 0.05) is 11.3 Å². The average molecular weight is 250 g/mol. The second-order valence-corrected chi connectivity index (χ2v) is 6.37. The molecule has 0 radical (unpaired) electrons. The molecule has 1 N–H and O–H groups in total. The molecule has 1 aromatic rings. The summed E-state index contributed by atoms with van der Waals surface area (Å²) >= 11 is 1.84. The molecule has 4 heteroatoms. The number of nitrogens with one attached hydrogen (secondary N) is 1. The lowest BCUT2D eigenvalue weighted by Gasteiger charge is -2.15. The summed E-state index contributed by atoms with van der Waals surface area (Å²) in [7, 11) is 0. The fraction of sp³-hybridized carbons (Fsp3) is 0.769. The minimum Gasteiger partial charge on any atom is -0.374 e. The Morgan fingerprint density at radius 3 is 3.06 bits per heavy atom. The van der Waals surface area contributed by atoms with Crippen LogP contribution < -0.4 is 5.32 Å². The maximum Gasteiger partial charge on any atom is 0.0986 e. The lowest BCUT2D eigenvalue weighted by atomic mass is 9.90. The van der Waals surface area contributed by atoms with Crippen LogP contribution in [0.3, 0.4) is 0 Å². The fourth-order valence-corrected chi connectivity index (χ4v) is 4.51. The molecule has 0 aromatic carbocycles. The number of ether oxygens (including phenoxy) is 1. The maximum absolute atomic E-state index is 5.93. The average Bonchev–Trinajstić information content (AvgIpc) is 3.12. The summed E-state index contributed by atoms with van der Waals surface area (Å²) in [5.74, 6) is 0.592. The third-order valence-electron chi connectivity index (χ3n) is 4.38. The molecule has 3 fully saturated rings. The topological polar surface area (TPSA) is 34.1 Å². The number of nitrogens with zero attached hydrogens (tertiary/aromatic N) is 1. The van der Waals surface area contributed by atoms with E-state index in [0.29, 0.717) is 24.2 Å². The Labute approximate surface area is 106 Å². The van der Waals surface area contributed by atoms with Gasteiger partial charge in [0.2, 0.25) is 0 Å². The van der Waals surface area contributed by atoms with Gasteiger partial charge in [-0.25, -0.2) is 4.98 Å². The first-order valence-electron chi connectivity index (χ1n) is 6.74. The van der Waals surface area contributed by atoms with Gasteiger partial charge in [0.1, 0.15) is 0 Å². The van der Waals surface area contributed by atoms with Crippen LogP contribution in [0.15, 0.2) is 5.38 Å². The van der Waals surface area contributed by atoms with Gasteiger partial charge in [0.15, 0.2) is 0 Å². The van der Waals surface area contributed by atoms with E-state index >= 15 is 0 Å². The summed E-state index contributed by atoms with van der Waals surface area (Å²) in [4.78, 5) is 4.87. The van der Waals surface area contributed by atoms with Gasteiger partial charge in [-0.05, 0) is 38.6 Å². The Hall–Kier alpha value is -0.450. The summed E-state index contributed by atoms with van der Waals surface area (Å²) in [6.45, 7) is 1.15. The smallest absolute Gasteiger partial charge is 0.0986 e. The molecule has 3 aliphatic rings. The van der Waals surface area contributed by atoms with Crippen LogP contribution in [0.25, 0.3) is 0 Å². The largest absolute Gasteiger partial charge is 0.374 e. The van der Waals surface area contributed by atoms with Crippen LogP contribution in [0, 0.1) is 0 Å². The normalized spacial score (nSPS) is 40.2. The van der Waals surface area contributed by atoms with Crippen LogP contribution in [-0.2, 0) is 4.74 Å². The van der Waals surface area contributed by atoms with Crippen LogP contribution >= 0.6 is 11.3 Å². The number of fused-ring (bicyclic) bond motifs is 2. The maximum atomic E-state index is 5.93. The molecular weight excluding hydrogens is 232 g/mol. The van der Waals surface area contributed by atoms with Crippen molar-refractivity contribution in [1.29, 1.82) is 0 Å². The van der Waals surface area contributed by atoms with E-state index in [1.165, 1.54) is 42.8 Å². The Bertz CT molecular complexity index is 413. The highest BCUT2D eigenvalue weighted by atomic mass is 32.1. The van der Waals surface area contributed by atoms with Gasteiger partial charge >= 0.3 is 0 Å². The molecule has 4 rings (SSSR count). The van der Waals surface area contributed by atoms with Gasteiger partial charge < -0.3 is 10.1 Å². The zero-order chi connectivity index (χ0) is 11.2. The Kier molecular flexibility index (Phi) is 2.49. The van der Waals surface area contributed by atoms with Crippen molar-refractivity contribution < 1.29 is 4.74 Å². The third-order valence-corrected chi connectivity index (χ3v) is 5.38. The zero-order valence-electron chi connectivity index (χ0n) is 9.89. The number of rotatable bonds is 2. The molecule has 0 spiro atoms. The molecule has 1 aromatic heterocycles. The van der Waals surface area contributed by atoms with E-state index in [-0.39, 0.29) is 0 Å². The van der Waals surface area contributed by atoms with Crippen molar-refractivity contribution in [1.82, 2.24) is 10.3 Å². The van der Waals surface area contributed by atoms with Crippen molar-refractivity contribution in [2.24, 2.45) is 0 Å². The molecule has 3 aliphatic heterocycles. The van der Waals surface area contributed by atoms with E-state index < -0.39 is 0 Å². The van der Waals surface area contributed by atoms with Crippen molar-refractivity contribution in [3.8, 4) is 0 Å². The zero-order valence-corrected chi connectivity index (χ0v) is 10.7. The van der Waals surface area contributed by atoms with E-state index in [1.807, 2.05) is 11.3 Å². The highest BCUT2D eigenvalue weighted by Crippen LogP contribution is 2.45. The molecule has 0 saturated carbocycles. The van der Waals surface area contributed by atoms with Gasteiger partial charge in [0.05, 0.1) is 29.0 Å². The second-order valence-electron chi connectivity index (χ2n) is 5.48. The summed E-state index contributed by atoms with van der Waals surface area (Å²) in [5, 5.41) is 7.10. The van der Waals surface area contributed by atoms with Gasteiger partial charge in [-0.3, -0.25) is 0 Å². The number of hydrogen-bond acceptors (Lipinski definition) is 4. The van der Waals surface area contributed by atoms with Crippen molar-refractivity contribution >= 4 is 11.3 Å². The Morgan fingerprint density at radius 1 is 1.35 bits per heavy atom. The molecule has 4 heterocycles. The van der Waals surface area contributed by atoms with E-state index in [0.717, 1.165) is 6.54 Å². The highest BCUT2D eigenvalue weighted by Gasteiger charge is 2.42. The molecule has 2 bridgehead atoms. The van der Waals surface area contributed by atoms with Crippen LogP contribution in [-0.4, -0.2) is 23.7 Å². The summed E-state index contributed by atoms with van der Waals surface area (Å²) in [6, 6.07) is 0.513. The molecule has 0 aliphatic carbocycles. The first kappa shape index (κ1) is 10.5. The minimum atomic E-state index is 0.468. The van der Waals surface area contributed by atoms with Gasteiger partial charge in [-0.15, -0.1) is 11.3 Å². The lowest BCUT2D eigenvalue weighted by Crippen LogP contribution is -2.16. The van der Waals surface area contributed by atoms with E-state index in [9.17, 15) is 0 Å². The molecule has 17 heavy (non-hydrogen) atoms. The SMILES string of the molecule is c1sc(C2CC3CCC2O3)nc1[C@@H]1CCCN1. The Morgan fingerprint density at radius 2 is 2.35 bits per heavy atom. The quantitative estimate of drug-likeness (QED) is 0.876. The predicted octanol–water partition coefficient (Wildman–Crippen LogP) is 2.60.